The summed E-state index contributed by atoms with van der Waals surface area (Å²) in [6.07, 6.45) is 2.83. The Morgan fingerprint density at radius 1 is 1.12 bits per heavy atom. The Balaban J connectivity index is 2.15. The van der Waals surface area contributed by atoms with Gasteiger partial charge in [-0.25, -0.2) is 0 Å². The molecule has 0 aromatic heterocycles. The van der Waals surface area contributed by atoms with Crippen LogP contribution in [-0.4, -0.2) is 17.3 Å². The van der Waals surface area contributed by atoms with Gasteiger partial charge in [0.1, 0.15) is 0 Å². The molecule has 0 spiro atoms. The van der Waals surface area contributed by atoms with E-state index in [2.05, 4.69) is 59.0 Å². The van der Waals surface area contributed by atoms with Crippen LogP contribution in [0.5, 0.6) is 0 Å². The Labute approximate surface area is 114 Å². The number of rotatable bonds is 3. The number of benzene rings is 1. The highest BCUT2D eigenvalue weighted by Gasteiger charge is 2.25. The Bertz CT molecular complexity index is 402. The first-order valence-corrected chi connectivity index (χ1v) is 10.3. The molecule has 0 saturated carbocycles. The fraction of sp³-hybridized carbons (Fsp3) is 0.467. The molecule has 0 aliphatic carbocycles. The highest BCUT2D eigenvalue weighted by molar-refractivity contribution is 9.58. The van der Waals surface area contributed by atoms with Crippen molar-refractivity contribution in [3.8, 4) is 0 Å². The summed E-state index contributed by atoms with van der Waals surface area (Å²) in [7, 11) is -0.501. The Hall–Kier alpha value is -0.210. The van der Waals surface area contributed by atoms with Crippen molar-refractivity contribution in [1.82, 2.24) is 0 Å². The largest absolute Gasteiger partial charge is 0.179 e. The van der Waals surface area contributed by atoms with E-state index < -0.39 is 8.46 Å². The van der Waals surface area contributed by atoms with Crippen LogP contribution in [0.15, 0.2) is 35.9 Å². The normalized spacial score (nSPS) is 22.1. The summed E-state index contributed by atoms with van der Waals surface area (Å²) in [5, 5.41) is 0. The molecule has 1 fully saturated rings. The van der Waals surface area contributed by atoms with Gasteiger partial charge in [0, 0.05) is 5.75 Å². The summed E-state index contributed by atoms with van der Waals surface area (Å²) in [5.74, 6) is 4.09. The van der Waals surface area contributed by atoms with Crippen LogP contribution in [0.4, 0.5) is 0 Å². The van der Waals surface area contributed by atoms with Crippen molar-refractivity contribution in [2.75, 3.05) is 17.3 Å². The van der Waals surface area contributed by atoms with Gasteiger partial charge in [-0.1, -0.05) is 35.9 Å². The molecule has 2 rings (SSSR count). The van der Waals surface area contributed by atoms with E-state index >= 15 is 0 Å². The molecule has 1 aliphatic rings. The molecule has 0 N–H and O–H groups in total. The van der Waals surface area contributed by atoms with Gasteiger partial charge in [0.15, 0.2) is 0 Å². The van der Waals surface area contributed by atoms with Crippen LogP contribution in [-0.2, 0) is 0 Å². The lowest BCUT2D eigenvalue weighted by Crippen LogP contribution is -2.02. The van der Waals surface area contributed by atoms with Crippen LogP contribution in [0, 0.1) is 0 Å². The Morgan fingerprint density at radius 2 is 1.71 bits per heavy atom. The quantitative estimate of drug-likeness (QED) is 0.702. The third kappa shape index (κ3) is 3.38. The maximum absolute atomic E-state index is 4.04. The van der Waals surface area contributed by atoms with Gasteiger partial charge in [0.25, 0.3) is 0 Å². The summed E-state index contributed by atoms with van der Waals surface area (Å²) in [5.41, 5.74) is 4.40. The van der Waals surface area contributed by atoms with E-state index in [0.29, 0.717) is 0 Å². The number of hydrogen-bond donors (Lipinski definition) is 0. The van der Waals surface area contributed by atoms with E-state index in [0.717, 1.165) is 0 Å². The molecule has 94 valence electrons. The van der Waals surface area contributed by atoms with Crippen molar-refractivity contribution in [2.24, 2.45) is 0 Å². The maximum Gasteiger partial charge on any atom is 0.00774 e. The summed E-state index contributed by atoms with van der Waals surface area (Å²) in [6, 6.07) is 10.8. The highest BCUT2D eigenvalue weighted by Crippen LogP contribution is 2.61. The number of allylic oxidation sites excluding steroid dienone is 1. The van der Waals surface area contributed by atoms with Crippen LogP contribution in [0.25, 0.3) is 5.57 Å². The van der Waals surface area contributed by atoms with Crippen molar-refractivity contribution >= 4 is 28.8 Å². The molecule has 17 heavy (non-hydrogen) atoms. The van der Waals surface area contributed by atoms with Crippen molar-refractivity contribution in [2.45, 2.75) is 26.7 Å². The first-order valence-electron chi connectivity index (χ1n) is 6.28. The lowest BCUT2D eigenvalue weighted by atomic mass is 10.0. The van der Waals surface area contributed by atoms with Crippen molar-refractivity contribution in [3.63, 3.8) is 0 Å². The molecule has 0 amide bonds. The zero-order chi connectivity index (χ0) is 12.3. The highest BCUT2D eigenvalue weighted by atomic mass is 79.9. The van der Waals surface area contributed by atoms with Crippen LogP contribution in [0.1, 0.15) is 32.3 Å². The molecule has 1 heterocycles. The van der Waals surface area contributed by atoms with E-state index in [9.17, 15) is 0 Å². The van der Waals surface area contributed by atoms with Crippen LogP contribution < -0.4 is 0 Å². The van der Waals surface area contributed by atoms with Crippen molar-refractivity contribution in [1.29, 1.82) is 0 Å². The van der Waals surface area contributed by atoms with E-state index in [1.165, 1.54) is 41.2 Å². The molecule has 0 unspecified atom stereocenters. The third-order valence-corrected chi connectivity index (χ3v) is 9.21. The van der Waals surface area contributed by atoms with Gasteiger partial charge < -0.3 is 0 Å². The third-order valence-electron chi connectivity index (χ3n) is 3.59. The summed E-state index contributed by atoms with van der Waals surface area (Å²) < 4.78 is 0. The van der Waals surface area contributed by atoms with E-state index in [1.54, 1.807) is 5.57 Å². The van der Waals surface area contributed by atoms with Gasteiger partial charge in [0.05, 0.1) is 0 Å². The second-order valence-corrected chi connectivity index (χ2v) is 12.1. The van der Waals surface area contributed by atoms with Gasteiger partial charge in [-0.15, -0.1) is 0 Å². The molecular formula is C15H21BrS. The molecular weight excluding hydrogens is 292 g/mol. The molecule has 1 saturated heterocycles. The summed E-state index contributed by atoms with van der Waals surface area (Å²) in [4.78, 5) is 0. The zero-order valence-electron chi connectivity index (χ0n) is 10.7. The molecule has 0 nitrogen and oxygen atoms in total. The fourth-order valence-corrected chi connectivity index (χ4v) is 7.73. The first-order chi connectivity index (χ1) is 8.11. The second-order valence-electron chi connectivity index (χ2n) is 4.97. The maximum atomic E-state index is 4.04. The minimum atomic E-state index is -0.501. The molecule has 0 atom stereocenters. The number of hydrogen-bond acceptors (Lipinski definition) is 0. The van der Waals surface area contributed by atoms with E-state index in [1.807, 2.05) is 0 Å². The monoisotopic (exact) mass is 312 g/mol. The zero-order valence-corrected chi connectivity index (χ0v) is 13.1. The topological polar surface area (TPSA) is 0 Å². The predicted molar refractivity (Wildman–Crippen MR) is 85.1 cm³/mol. The summed E-state index contributed by atoms with van der Waals surface area (Å²) >= 11 is 4.04. The van der Waals surface area contributed by atoms with Crippen LogP contribution in [0.3, 0.4) is 0 Å². The molecule has 1 aromatic rings. The molecule has 1 aliphatic heterocycles. The molecule has 1 aromatic carbocycles. The van der Waals surface area contributed by atoms with Crippen LogP contribution >= 0.6 is 23.3 Å². The predicted octanol–water partition coefficient (Wildman–Crippen LogP) is 5.39. The van der Waals surface area contributed by atoms with Gasteiger partial charge >= 0.3 is 0 Å². The van der Waals surface area contributed by atoms with Crippen molar-refractivity contribution < 1.29 is 0 Å². The minimum absolute atomic E-state index is 0.501. The lowest BCUT2D eigenvalue weighted by Gasteiger charge is -2.28. The minimum Gasteiger partial charge on any atom is -0.179 e. The Kier molecular flexibility index (Phi) is 4.37. The fourth-order valence-electron chi connectivity index (χ4n) is 2.40. The smallest absolute Gasteiger partial charge is 0.00774 e. The van der Waals surface area contributed by atoms with Gasteiger partial charge in [-0.3, -0.25) is 0 Å². The molecule has 0 radical (unpaired) electrons. The summed E-state index contributed by atoms with van der Waals surface area (Å²) in [6.45, 7) is 4.56. The average molecular weight is 313 g/mol. The SMILES string of the molecule is C/C(CS1(Br)CCCC1)=C(\C)c1ccccc1. The number of halogens is 1. The van der Waals surface area contributed by atoms with Crippen molar-refractivity contribution in [3.05, 3.63) is 41.5 Å². The standard InChI is InChI=1S/C15H21BrS/c1-13(12-17(16)10-6-7-11-17)14(2)15-8-4-3-5-9-15/h3-5,8-9H,6-7,10-12H2,1-2H3/b14-13-. The Morgan fingerprint density at radius 3 is 2.29 bits per heavy atom. The second kappa shape index (κ2) is 5.62. The average Bonchev–Trinajstić information content (AvgIpc) is 2.76. The van der Waals surface area contributed by atoms with Gasteiger partial charge in [-0.05, 0) is 64.1 Å². The van der Waals surface area contributed by atoms with Crippen LogP contribution in [0.2, 0.25) is 0 Å². The lowest BCUT2D eigenvalue weighted by molar-refractivity contribution is 0.949. The van der Waals surface area contributed by atoms with E-state index in [-0.39, 0.29) is 0 Å². The first kappa shape index (κ1) is 13.2. The molecule has 0 bridgehead atoms. The van der Waals surface area contributed by atoms with E-state index in [4.69, 9.17) is 0 Å². The van der Waals surface area contributed by atoms with Gasteiger partial charge in [-0.2, -0.15) is 8.46 Å². The molecule has 2 heteroatoms. The van der Waals surface area contributed by atoms with Gasteiger partial charge in [0.2, 0.25) is 0 Å².